The zero-order valence-corrected chi connectivity index (χ0v) is 9.44. The minimum absolute atomic E-state index is 0.732. The minimum atomic E-state index is 0.732. The van der Waals surface area contributed by atoms with Crippen molar-refractivity contribution < 1.29 is 4.74 Å². The van der Waals surface area contributed by atoms with Crippen molar-refractivity contribution in [1.82, 2.24) is 9.97 Å². The molecule has 0 aliphatic rings. The number of nitrogens with zero attached hydrogens (tertiary/aromatic N) is 1. The molecule has 0 atom stereocenters. The molecule has 0 amide bonds. The van der Waals surface area contributed by atoms with Crippen LogP contribution >= 0.6 is 0 Å². The van der Waals surface area contributed by atoms with Gasteiger partial charge in [0, 0.05) is 5.69 Å². The lowest BCUT2D eigenvalue weighted by molar-refractivity contribution is 0.310. The molecular weight excluding hydrogens is 200 g/mol. The number of benzene rings is 1. The van der Waals surface area contributed by atoms with Gasteiger partial charge in [-0.3, -0.25) is 0 Å². The molecule has 84 valence electrons. The molecule has 0 saturated heterocycles. The van der Waals surface area contributed by atoms with Crippen LogP contribution in [0.15, 0.2) is 36.7 Å². The van der Waals surface area contributed by atoms with E-state index in [0.29, 0.717) is 0 Å². The highest BCUT2D eigenvalue weighted by molar-refractivity contribution is 5.20. The fourth-order valence-corrected chi connectivity index (χ4v) is 1.59. The van der Waals surface area contributed by atoms with E-state index in [9.17, 15) is 0 Å². The maximum atomic E-state index is 5.61. The van der Waals surface area contributed by atoms with Gasteiger partial charge in [-0.05, 0) is 31.9 Å². The summed E-state index contributed by atoms with van der Waals surface area (Å²) in [7, 11) is 0. The van der Waals surface area contributed by atoms with Crippen molar-refractivity contribution in [3.63, 3.8) is 0 Å². The second-order valence-electron chi connectivity index (χ2n) is 3.74. The summed E-state index contributed by atoms with van der Waals surface area (Å²) in [6, 6.07) is 9.89. The second-order valence-corrected chi connectivity index (χ2v) is 3.74. The first-order valence-corrected chi connectivity index (χ1v) is 5.53. The third kappa shape index (κ3) is 2.86. The largest absolute Gasteiger partial charge is 0.494 e. The molecule has 0 unspecified atom stereocenters. The van der Waals surface area contributed by atoms with Gasteiger partial charge in [-0.1, -0.05) is 18.2 Å². The average Bonchev–Trinajstić information content (AvgIpc) is 2.72. The summed E-state index contributed by atoms with van der Waals surface area (Å²) in [5.41, 5.74) is 2.29. The normalized spacial score (nSPS) is 10.3. The van der Waals surface area contributed by atoms with Gasteiger partial charge in [-0.15, -0.1) is 0 Å². The summed E-state index contributed by atoms with van der Waals surface area (Å²) >= 11 is 0. The Bertz CT molecular complexity index is 423. The number of aromatic amines is 1. The van der Waals surface area contributed by atoms with E-state index in [1.165, 1.54) is 0 Å². The Morgan fingerprint density at radius 3 is 2.75 bits per heavy atom. The van der Waals surface area contributed by atoms with Gasteiger partial charge in [0.2, 0.25) is 0 Å². The first-order chi connectivity index (χ1) is 7.86. The van der Waals surface area contributed by atoms with Crippen LogP contribution in [0, 0.1) is 6.92 Å². The number of H-pyrrole nitrogens is 1. The molecular formula is C13H16N2O. The van der Waals surface area contributed by atoms with Crippen LogP contribution in [-0.2, 0) is 6.42 Å². The monoisotopic (exact) mass is 216 g/mol. The molecule has 1 aromatic heterocycles. The number of nitrogens with one attached hydrogen (secondary N) is 1. The van der Waals surface area contributed by atoms with E-state index in [4.69, 9.17) is 4.74 Å². The van der Waals surface area contributed by atoms with Gasteiger partial charge >= 0.3 is 0 Å². The van der Waals surface area contributed by atoms with Crippen molar-refractivity contribution in [2.24, 2.45) is 0 Å². The number of aromatic nitrogens is 2. The van der Waals surface area contributed by atoms with Gasteiger partial charge in [0.25, 0.3) is 0 Å². The molecule has 0 fully saturated rings. The van der Waals surface area contributed by atoms with Crippen LogP contribution in [0.4, 0.5) is 0 Å². The van der Waals surface area contributed by atoms with Crippen LogP contribution in [-0.4, -0.2) is 16.6 Å². The Morgan fingerprint density at radius 2 is 2.06 bits per heavy atom. The van der Waals surface area contributed by atoms with E-state index in [1.54, 1.807) is 6.33 Å². The van der Waals surface area contributed by atoms with Crippen LogP contribution in [0.3, 0.4) is 0 Å². The standard InChI is InChI=1S/C13H16N2O/c1-11-13(15-10-14-11)8-5-9-16-12-6-3-2-4-7-12/h2-4,6-7,10H,5,8-9H2,1H3,(H,14,15). The lowest BCUT2D eigenvalue weighted by atomic mass is 10.2. The molecule has 0 aliphatic heterocycles. The van der Waals surface area contributed by atoms with Crippen LogP contribution < -0.4 is 4.74 Å². The highest BCUT2D eigenvalue weighted by Crippen LogP contribution is 2.09. The predicted octanol–water partition coefficient (Wildman–Crippen LogP) is 2.73. The highest BCUT2D eigenvalue weighted by Gasteiger charge is 2.00. The zero-order valence-electron chi connectivity index (χ0n) is 9.44. The first-order valence-electron chi connectivity index (χ1n) is 5.53. The van der Waals surface area contributed by atoms with Crippen molar-refractivity contribution in [2.45, 2.75) is 19.8 Å². The average molecular weight is 216 g/mol. The SMILES string of the molecule is Cc1[nH]cnc1CCCOc1ccccc1. The minimum Gasteiger partial charge on any atom is -0.494 e. The maximum Gasteiger partial charge on any atom is 0.119 e. The Kier molecular flexibility index (Phi) is 3.59. The quantitative estimate of drug-likeness (QED) is 0.780. The summed E-state index contributed by atoms with van der Waals surface area (Å²) in [6.45, 7) is 2.77. The van der Waals surface area contributed by atoms with Gasteiger partial charge < -0.3 is 9.72 Å². The first kappa shape index (κ1) is 10.7. The molecule has 2 rings (SSSR count). The van der Waals surface area contributed by atoms with E-state index < -0.39 is 0 Å². The molecule has 2 aromatic rings. The van der Waals surface area contributed by atoms with Crippen molar-refractivity contribution in [3.8, 4) is 5.75 Å². The summed E-state index contributed by atoms with van der Waals surface area (Å²) in [5.74, 6) is 0.932. The fraction of sp³-hybridized carbons (Fsp3) is 0.308. The lowest BCUT2D eigenvalue weighted by Gasteiger charge is -2.04. The van der Waals surface area contributed by atoms with Crippen LogP contribution in [0.1, 0.15) is 17.8 Å². The molecule has 0 saturated carbocycles. The van der Waals surface area contributed by atoms with Crippen molar-refractivity contribution >= 4 is 0 Å². The van der Waals surface area contributed by atoms with Crippen LogP contribution in [0.2, 0.25) is 0 Å². The van der Waals surface area contributed by atoms with Gasteiger partial charge in [0.1, 0.15) is 5.75 Å². The molecule has 1 heterocycles. The Hall–Kier alpha value is -1.77. The van der Waals surface area contributed by atoms with E-state index in [0.717, 1.165) is 36.6 Å². The zero-order chi connectivity index (χ0) is 11.2. The van der Waals surface area contributed by atoms with Crippen molar-refractivity contribution in [2.75, 3.05) is 6.61 Å². The molecule has 1 aromatic carbocycles. The van der Waals surface area contributed by atoms with E-state index >= 15 is 0 Å². The number of aryl methyl sites for hydroxylation is 2. The fourth-order valence-electron chi connectivity index (χ4n) is 1.59. The lowest BCUT2D eigenvalue weighted by Crippen LogP contribution is -2.00. The summed E-state index contributed by atoms with van der Waals surface area (Å²) in [5, 5.41) is 0. The number of rotatable bonds is 5. The maximum absolute atomic E-state index is 5.61. The van der Waals surface area contributed by atoms with E-state index in [1.807, 2.05) is 37.3 Å². The molecule has 16 heavy (non-hydrogen) atoms. The van der Waals surface area contributed by atoms with Crippen molar-refractivity contribution in [1.29, 1.82) is 0 Å². The topological polar surface area (TPSA) is 37.9 Å². The number of ether oxygens (including phenoxy) is 1. The van der Waals surface area contributed by atoms with Gasteiger partial charge in [0.15, 0.2) is 0 Å². The highest BCUT2D eigenvalue weighted by atomic mass is 16.5. The molecule has 1 N–H and O–H groups in total. The van der Waals surface area contributed by atoms with Gasteiger partial charge in [-0.2, -0.15) is 0 Å². The van der Waals surface area contributed by atoms with Crippen LogP contribution in [0.25, 0.3) is 0 Å². The number of hydrogen-bond donors (Lipinski definition) is 1. The summed E-state index contributed by atoms with van der Waals surface area (Å²) < 4.78 is 5.61. The Balaban J connectivity index is 1.72. The molecule has 0 aliphatic carbocycles. The number of para-hydroxylation sites is 1. The Labute approximate surface area is 95.5 Å². The molecule has 3 heteroatoms. The van der Waals surface area contributed by atoms with Gasteiger partial charge in [-0.25, -0.2) is 4.98 Å². The number of imidazole rings is 1. The summed E-state index contributed by atoms with van der Waals surface area (Å²) in [6.07, 6.45) is 3.69. The third-order valence-electron chi connectivity index (χ3n) is 2.50. The molecule has 0 radical (unpaired) electrons. The van der Waals surface area contributed by atoms with Crippen molar-refractivity contribution in [3.05, 3.63) is 48.0 Å². The van der Waals surface area contributed by atoms with Gasteiger partial charge in [0.05, 0.1) is 18.6 Å². The number of hydrogen-bond acceptors (Lipinski definition) is 2. The Morgan fingerprint density at radius 1 is 1.25 bits per heavy atom. The second kappa shape index (κ2) is 5.35. The van der Waals surface area contributed by atoms with E-state index in [-0.39, 0.29) is 0 Å². The predicted molar refractivity (Wildman–Crippen MR) is 63.6 cm³/mol. The van der Waals surface area contributed by atoms with Crippen LogP contribution in [0.5, 0.6) is 5.75 Å². The molecule has 3 nitrogen and oxygen atoms in total. The molecule has 0 spiro atoms. The summed E-state index contributed by atoms with van der Waals surface area (Å²) in [4.78, 5) is 7.32. The molecule has 0 bridgehead atoms. The van der Waals surface area contributed by atoms with E-state index in [2.05, 4.69) is 9.97 Å². The third-order valence-corrected chi connectivity index (χ3v) is 2.50. The smallest absolute Gasteiger partial charge is 0.119 e.